The van der Waals surface area contributed by atoms with Crippen molar-refractivity contribution in [2.75, 3.05) is 66.7 Å². The first kappa shape index (κ1) is 16.5. The first-order valence-electron chi connectivity index (χ1n) is 6.52. The van der Waals surface area contributed by atoms with Crippen LogP contribution in [0.1, 0.15) is 0 Å². The number of carbonyl (C=O) groups excluding carboxylic acids is 2. The van der Waals surface area contributed by atoms with E-state index in [-0.39, 0.29) is 0 Å². The standard InChI is InChI=1S/C12H22N2O6/c1-17-11(15)19-9-7-13-3-5-14(6-4-13)8-10-20-12(16)18-2/h3-10H2,1-2H3. The Kier molecular flexibility index (Phi) is 7.74. The molecule has 1 fully saturated rings. The van der Waals surface area contributed by atoms with Gasteiger partial charge in [0.15, 0.2) is 0 Å². The first-order chi connectivity index (χ1) is 9.65. The van der Waals surface area contributed by atoms with Crippen LogP contribution in [0.4, 0.5) is 9.59 Å². The molecule has 0 bridgehead atoms. The lowest BCUT2D eigenvalue weighted by Crippen LogP contribution is -2.48. The smallest absolute Gasteiger partial charge is 0.438 e. The number of hydrogen-bond acceptors (Lipinski definition) is 8. The van der Waals surface area contributed by atoms with E-state index >= 15 is 0 Å². The Labute approximate surface area is 118 Å². The zero-order valence-electron chi connectivity index (χ0n) is 12.0. The van der Waals surface area contributed by atoms with Gasteiger partial charge in [0.2, 0.25) is 0 Å². The maximum atomic E-state index is 10.8. The average Bonchev–Trinajstić information content (AvgIpc) is 2.48. The second kappa shape index (κ2) is 9.38. The molecule has 116 valence electrons. The van der Waals surface area contributed by atoms with E-state index in [1.54, 1.807) is 0 Å². The maximum absolute atomic E-state index is 10.8. The summed E-state index contributed by atoms with van der Waals surface area (Å²) in [6.07, 6.45) is -1.30. The van der Waals surface area contributed by atoms with Crippen LogP contribution in [0.5, 0.6) is 0 Å². The van der Waals surface area contributed by atoms with Crippen LogP contribution in [-0.4, -0.2) is 88.8 Å². The van der Waals surface area contributed by atoms with Crippen LogP contribution in [-0.2, 0) is 18.9 Å². The highest BCUT2D eigenvalue weighted by Gasteiger charge is 2.17. The lowest BCUT2D eigenvalue weighted by molar-refractivity contribution is 0.0433. The Morgan fingerprint density at radius 1 is 0.800 bits per heavy atom. The van der Waals surface area contributed by atoms with Crippen molar-refractivity contribution in [3.8, 4) is 0 Å². The molecule has 0 spiro atoms. The minimum atomic E-state index is -0.649. The molecule has 0 saturated carbocycles. The van der Waals surface area contributed by atoms with Crippen molar-refractivity contribution in [1.82, 2.24) is 9.80 Å². The summed E-state index contributed by atoms with van der Waals surface area (Å²) in [6, 6.07) is 0. The van der Waals surface area contributed by atoms with Crippen LogP contribution in [0.15, 0.2) is 0 Å². The van der Waals surface area contributed by atoms with E-state index in [1.807, 2.05) is 0 Å². The number of carbonyl (C=O) groups is 2. The average molecular weight is 290 g/mol. The fourth-order valence-electron chi connectivity index (χ4n) is 1.87. The lowest BCUT2D eigenvalue weighted by Gasteiger charge is -2.34. The molecular formula is C12H22N2O6. The highest BCUT2D eigenvalue weighted by molar-refractivity contribution is 5.59. The van der Waals surface area contributed by atoms with Gasteiger partial charge in [0.1, 0.15) is 13.2 Å². The molecule has 8 heteroatoms. The highest BCUT2D eigenvalue weighted by atomic mass is 16.7. The van der Waals surface area contributed by atoms with Crippen LogP contribution in [0, 0.1) is 0 Å². The number of rotatable bonds is 6. The number of nitrogens with zero attached hydrogens (tertiary/aromatic N) is 2. The summed E-state index contributed by atoms with van der Waals surface area (Å²) in [5, 5.41) is 0. The third kappa shape index (κ3) is 6.58. The van der Waals surface area contributed by atoms with Crippen molar-refractivity contribution in [3.05, 3.63) is 0 Å². The quantitative estimate of drug-likeness (QED) is 0.641. The van der Waals surface area contributed by atoms with E-state index in [2.05, 4.69) is 19.3 Å². The Morgan fingerprint density at radius 2 is 1.15 bits per heavy atom. The van der Waals surface area contributed by atoms with Gasteiger partial charge in [-0.1, -0.05) is 0 Å². The minimum Gasteiger partial charge on any atom is -0.438 e. The topological polar surface area (TPSA) is 77.5 Å². The van der Waals surface area contributed by atoms with E-state index < -0.39 is 12.3 Å². The molecule has 0 aromatic carbocycles. The number of hydrogen-bond donors (Lipinski definition) is 0. The van der Waals surface area contributed by atoms with Crippen LogP contribution >= 0.6 is 0 Å². The second-order valence-corrected chi connectivity index (χ2v) is 4.29. The molecule has 20 heavy (non-hydrogen) atoms. The first-order valence-corrected chi connectivity index (χ1v) is 6.52. The van der Waals surface area contributed by atoms with E-state index in [1.165, 1.54) is 14.2 Å². The van der Waals surface area contributed by atoms with Gasteiger partial charge in [-0.25, -0.2) is 9.59 Å². The predicted molar refractivity (Wildman–Crippen MR) is 69.6 cm³/mol. The third-order valence-electron chi connectivity index (χ3n) is 3.05. The molecule has 0 radical (unpaired) electrons. The molecule has 8 nitrogen and oxygen atoms in total. The summed E-state index contributed by atoms with van der Waals surface area (Å²) < 4.78 is 18.5. The van der Waals surface area contributed by atoms with E-state index in [4.69, 9.17) is 9.47 Å². The molecule has 0 N–H and O–H groups in total. The number of ether oxygens (including phenoxy) is 4. The Bertz CT molecular complexity index is 274. The van der Waals surface area contributed by atoms with Gasteiger partial charge in [0.25, 0.3) is 0 Å². The Hall–Kier alpha value is -1.54. The third-order valence-corrected chi connectivity index (χ3v) is 3.05. The van der Waals surface area contributed by atoms with Crippen LogP contribution in [0.2, 0.25) is 0 Å². The summed E-state index contributed by atoms with van der Waals surface area (Å²) in [5.74, 6) is 0. The van der Waals surface area contributed by atoms with Crippen LogP contribution in [0.3, 0.4) is 0 Å². The van der Waals surface area contributed by atoms with E-state index in [0.29, 0.717) is 26.3 Å². The molecule has 0 unspecified atom stereocenters. The van der Waals surface area contributed by atoms with Crippen LogP contribution < -0.4 is 0 Å². The van der Waals surface area contributed by atoms with Crippen molar-refractivity contribution in [3.63, 3.8) is 0 Å². The Balaban J connectivity index is 2.05. The molecule has 1 saturated heterocycles. The fraction of sp³-hybridized carbons (Fsp3) is 0.833. The maximum Gasteiger partial charge on any atom is 0.508 e. The van der Waals surface area contributed by atoms with Gasteiger partial charge in [-0.05, 0) is 0 Å². The van der Waals surface area contributed by atoms with E-state index in [9.17, 15) is 9.59 Å². The minimum absolute atomic E-state index is 0.331. The lowest BCUT2D eigenvalue weighted by atomic mass is 10.3. The molecule has 0 amide bonds. The fourth-order valence-corrected chi connectivity index (χ4v) is 1.87. The summed E-state index contributed by atoms with van der Waals surface area (Å²) in [7, 11) is 2.58. The predicted octanol–water partition coefficient (Wildman–Crippen LogP) is 0.170. The van der Waals surface area contributed by atoms with Crippen molar-refractivity contribution in [2.45, 2.75) is 0 Å². The zero-order chi connectivity index (χ0) is 14.8. The molecule has 1 rings (SSSR count). The summed E-state index contributed by atoms with van der Waals surface area (Å²) in [6.45, 7) is 5.62. The SMILES string of the molecule is COC(=O)OCCN1CCN(CCOC(=O)OC)CC1. The molecule has 0 aromatic rings. The van der Waals surface area contributed by atoms with Gasteiger partial charge in [-0.15, -0.1) is 0 Å². The van der Waals surface area contributed by atoms with Crippen molar-refractivity contribution >= 4 is 12.3 Å². The molecule has 1 aliphatic rings. The van der Waals surface area contributed by atoms with Gasteiger partial charge >= 0.3 is 12.3 Å². The number of piperazine rings is 1. The zero-order valence-corrected chi connectivity index (χ0v) is 12.0. The van der Waals surface area contributed by atoms with Crippen molar-refractivity contribution in [1.29, 1.82) is 0 Å². The van der Waals surface area contributed by atoms with Gasteiger partial charge in [0.05, 0.1) is 14.2 Å². The molecule has 0 aliphatic carbocycles. The van der Waals surface area contributed by atoms with Crippen molar-refractivity contribution in [2.24, 2.45) is 0 Å². The molecule has 1 aliphatic heterocycles. The second-order valence-electron chi connectivity index (χ2n) is 4.29. The summed E-state index contributed by atoms with van der Waals surface area (Å²) in [5.41, 5.74) is 0. The van der Waals surface area contributed by atoms with Gasteiger partial charge in [0, 0.05) is 39.3 Å². The monoisotopic (exact) mass is 290 g/mol. The summed E-state index contributed by atoms with van der Waals surface area (Å²) in [4.78, 5) is 26.0. The van der Waals surface area contributed by atoms with Crippen LogP contribution in [0.25, 0.3) is 0 Å². The number of methoxy groups -OCH3 is 2. The van der Waals surface area contributed by atoms with Crippen molar-refractivity contribution < 1.29 is 28.5 Å². The molecule has 1 heterocycles. The normalized spacial score (nSPS) is 16.5. The molecule has 0 aromatic heterocycles. The summed E-state index contributed by atoms with van der Waals surface area (Å²) >= 11 is 0. The molecular weight excluding hydrogens is 268 g/mol. The van der Waals surface area contributed by atoms with Gasteiger partial charge in [-0.2, -0.15) is 0 Å². The van der Waals surface area contributed by atoms with E-state index in [0.717, 1.165) is 26.2 Å². The van der Waals surface area contributed by atoms with Gasteiger partial charge < -0.3 is 18.9 Å². The largest absolute Gasteiger partial charge is 0.508 e. The van der Waals surface area contributed by atoms with Gasteiger partial charge in [-0.3, -0.25) is 9.80 Å². The molecule has 0 atom stereocenters. The highest BCUT2D eigenvalue weighted by Crippen LogP contribution is 2.01. The Morgan fingerprint density at radius 3 is 1.45 bits per heavy atom.